The molecular formula is C17H26N4O3. The van der Waals surface area contributed by atoms with Crippen LogP contribution in [0.15, 0.2) is 12.4 Å². The van der Waals surface area contributed by atoms with Gasteiger partial charge in [-0.15, -0.1) is 0 Å². The van der Waals surface area contributed by atoms with E-state index in [1.54, 1.807) is 17.0 Å². The van der Waals surface area contributed by atoms with Crippen molar-refractivity contribution in [3.05, 3.63) is 18.2 Å². The monoisotopic (exact) mass is 334 g/mol. The van der Waals surface area contributed by atoms with Gasteiger partial charge < -0.3 is 19.4 Å². The van der Waals surface area contributed by atoms with Gasteiger partial charge >= 0.3 is 0 Å². The number of imidazole rings is 1. The number of aryl methyl sites for hydroxylation is 1. The van der Waals surface area contributed by atoms with Crippen LogP contribution in [0.1, 0.15) is 29.9 Å². The van der Waals surface area contributed by atoms with E-state index in [2.05, 4.69) is 15.2 Å². The van der Waals surface area contributed by atoms with Crippen LogP contribution in [0.2, 0.25) is 0 Å². The number of hydrogen-bond donors (Lipinski definition) is 1. The second kappa shape index (κ2) is 6.82. The summed E-state index contributed by atoms with van der Waals surface area (Å²) in [6, 6.07) is 0.438. The van der Waals surface area contributed by atoms with Gasteiger partial charge in [0.05, 0.1) is 18.8 Å². The summed E-state index contributed by atoms with van der Waals surface area (Å²) in [5, 5.41) is 3.16. The molecule has 0 aliphatic carbocycles. The highest BCUT2D eigenvalue weighted by Crippen LogP contribution is 2.30. The zero-order valence-corrected chi connectivity index (χ0v) is 14.2. The maximum atomic E-state index is 12.5. The molecule has 132 valence electrons. The normalized spacial score (nSPS) is 33.5. The lowest BCUT2D eigenvalue weighted by Gasteiger charge is -2.33. The zero-order valence-electron chi connectivity index (χ0n) is 14.2. The summed E-state index contributed by atoms with van der Waals surface area (Å²) in [6.45, 7) is 4.42. The second-order valence-corrected chi connectivity index (χ2v) is 7.17. The Morgan fingerprint density at radius 3 is 3.08 bits per heavy atom. The number of rotatable bonds is 4. The fraction of sp³-hybridized carbons (Fsp3) is 0.765. The van der Waals surface area contributed by atoms with Crippen LogP contribution < -0.4 is 5.32 Å². The molecule has 4 heterocycles. The standard InChI is InChI=1S/C17H26N4O3/c1-20-6-5-18-16(20)17(22)19-13-10-21(9-12-4-8-23-11-12)14-3-2-7-24-15(13)14/h5-6,12-15H,2-4,7-11H2,1H3,(H,19,22)/t12?,13-,14-,15-/m1/s1. The molecule has 3 saturated heterocycles. The molecule has 1 aromatic rings. The smallest absolute Gasteiger partial charge is 0.287 e. The van der Waals surface area contributed by atoms with Gasteiger partial charge in [0.2, 0.25) is 0 Å². The van der Waals surface area contributed by atoms with Gasteiger partial charge in [0.15, 0.2) is 5.82 Å². The van der Waals surface area contributed by atoms with E-state index in [0.29, 0.717) is 17.8 Å². The SMILES string of the molecule is Cn1ccnc1C(=O)N[C@@H]1CN(CC2CCOC2)[C@@H]2CCCO[C@@H]21. The molecule has 0 bridgehead atoms. The molecule has 0 saturated carbocycles. The van der Waals surface area contributed by atoms with E-state index in [-0.39, 0.29) is 18.1 Å². The Labute approximate surface area is 142 Å². The lowest BCUT2D eigenvalue weighted by Crippen LogP contribution is -2.48. The summed E-state index contributed by atoms with van der Waals surface area (Å²) < 4.78 is 13.3. The number of likely N-dealkylation sites (tertiary alicyclic amines) is 1. The first-order chi connectivity index (χ1) is 11.7. The van der Waals surface area contributed by atoms with Gasteiger partial charge in [0, 0.05) is 51.8 Å². The number of carbonyl (C=O) groups is 1. The molecule has 3 aliphatic rings. The second-order valence-electron chi connectivity index (χ2n) is 7.17. The Bertz CT molecular complexity index is 584. The van der Waals surface area contributed by atoms with E-state index >= 15 is 0 Å². The topological polar surface area (TPSA) is 68.6 Å². The van der Waals surface area contributed by atoms with Gasteiger partial charge in [-0.25, -0.2) is 4.98 Å². The summed E-state index contributed by atoms with van der Waals surface area (Å²) in [7, 11) is 1.84. The van der Waals surface area contributed by atoms with E-state index in [9.17, 15) is 4.79 Å². The first-order valence-electron chi connectivity index (χ1n) is 8.94. The molecule has 3 fully saturated rings. The Morgan fingerprint density at radius 1 is 1.42 bits per heavy atom. The molecule has 1 aromatic heterocycles. The van der Waals surface area contributed by atoms with Crippen molar-refractivity contribution in [1.82, 2.24) is 19.8 Å². The molecule has 7 heteroatoms. The van der Waals surface area contributed by atoms with Crippen molar-refractivity contribution < 1.29 is 14.3 Å². The quantitative estimate of drug-likeness (QED) is 0.864. The number of nitrogens with zero attached hydrogens (tertiary/aromatic N) is 3. The van der Waals surface area contributed by atoms with Crippen LogP contribution in [0.5, 0.6) is 0 Å². The van der Waals surface area contributed by atoms with E-state index < -0.39 is 0 Å². The van der Waals surface area contributed by atoms with E-state index in [4.69, 9.17) is 9.47 Å². The predicted molar refractivity (Wildman–Crippen MR) is 87.7 cm³/mol. The summed E-state index contributed by atoms with van der Waals surface area (Å²) in [5.41, 5.74) is 0. The number of carbonyl (C=O) groups excluding carboxylic acids is 1. The fourth-order valence-corrected chi connectivity index (χ4v) is 4.27. The first-order valence-corrected chi connectivity index (χ1v) is 8.94. The highest BCUT2D eigenvalue weighted by Gasteiger charge is 2.45. The Kier molecular flexibility index (Phi) is 4.56. The number of hydrogen-bond acceptors (Lipinski definition) is 5. The summed E-state index contributed by atoms with van der Waals surface area (Å²) in [4.78, 5) is 19.2. The lowest BCUT2D eigenvalue weighted by atomic mass is 10.00. The molecule has 1 amide bonds. The predicted octanol–water partition coefficient (Wildman–Crippen LogP) is 0.418. The van der Waals surface area contributed by atoms with Gasteiger partial charge in [0.25, 0.3) is 5.91 Å². The van der Waals surface area contributed by atoms with Crippen LogP contribution in [0, 0.1) is 5.92 Å². The highest BCUT2D eigenvalue weighted by molar-refractivity contribution is 5.91. The van der Waals surface area contributed by atoms with Crippen molar-refractivity contribution in [1.29, 1.82) is 0 Å². The van der Waals surface area contributed by atoms with E-state index in [0.717, 1.165) is 52.2 Å². The van der Waals surface area contributed by atoms with E-state index in [1.165, 1.54) is 0 Å². The maximum Gasteiger partial charge on any atom is 0.287 e. The molecule has 0 spiro atoms. The van der Waals surface area contributed by atoms with Gasteiger partial charge in [-0.2, -0.15) is 0 Å². The van der Waals surface area contributed by atoms with Gasteiger partial charge in [-0.05, 0) is 25.2 Å². The number of amides is 1. The van der Waals surface area contributed by atoms with Crippen molar-refractivity contribution in [3.8, 4) is 0 Å². The minimum Gasteiger partial charge on any atom is -0.381 e. The largest absolute Gasteiger partial charge is 0.381 e. The lowest BCUT2D eigenvalue weighted by molar-refractivity contribution is -0.0220. The van der Waals surface area contributed by atoms with Crippen molar-refractivity contribution in [3.63, 3.8) is 0 Å². The number of aromatic nitrogens is 2. The molecule has 4 atom stereocenters. The van der Waals surface area contributed by atoms with Crippen LogP contribution in [0.3, 0.4) is 0 Å². The first kappa shape index (κ1) is 16.1. The Balaban J connectivity index is 1.44. The molecule has 3 aliphatic heterocycles. The molecule has 4 rings (SSSR count). The van der Waals surface area contributed by atoms with Crippen LogP contribution in [0.4, 0.5) is 0 Å². The van der Waals surface area contributed by atoms with Crippen LogP contribution in [-0.2, 0) is 16.5 Å². The van der Waals surface area contributed by atoms with Gasteiger partial charge in [-0.3, -0.25) is 9.69 Å². The van der Waals surface area contributed by atoms with Gasteiger partial charge in [-0.1, -0.05) is 0 Å². The molecule has 0 radical (unpaired) electrons. The van der Waals surface area contributed by atoms with Crippen molar-refractivity contribution in [2.45, 2.75) is 37.5 Å². The summed E-state index contributed by atoms with van der Waals surface area (Å²) in [5.74, 6) is 0.938. The Morgan fingerprint density at radius 2 is 2.33 bits per heavy atom. The Hall–Kier alpha value is -1.44. The van der Waals surface area contributed by atoms with Crippen molar-refractivity contribution in [2.24, 2.45) is 13.0 Å². The molecule has 0 aromatic carbocycles. The highest BCUT2D eigenvalue weighted by atomic mass is 16.5. The molecular weight excluding hydrogens is 308 g/mol. The minimum atomic E-state index is -0.119. The third-order valence-electron chi connectivity index (χ3n) is 5.49. The maximum absolute atomic E-state index is 12.5. The van der Waals surface area contributed by atoms with Crippen LogP contribution >= 0.6 is 0 Å². The van der Waals surface area contributed by atoms with Gasteiger partial charge in [0.1, 0.15) is 0 Å². The van der Waals surface area contributed by atoms with Crippen LogP contribution in [-0.4, -0.2) is 71.5 Å². The number of ether oxygens (including phenoxy) is 2. The third-order valence-corrected chi connectivity index (χ3v) is 5.49. The number of nitrogens with one attached hydrogen (secondary N) is 1. The van der Waals surface area contributed by atoms with Crippen LogP contribution in [0.25, 0.3) is 0 Å². The molecule has 24 heavy (non-hydrogen) atoms. The van der Waals surface area contributed by atoms with E-state index in [1.807, 2.05) is 7.05 Å². The minimum absolute atomic E-state index is 0.0295. The van der Waals surface area contributed by atoms with Crippen molar-refractivity contribution >= 4 is 5.91 Å². The third kappa shape index (κ3) is 3.08. The summed E-state index contributed by atoms with van der Waals surface area (Å²) in [6.07, 6.45) is 6.90. The van der Waals surface area contributed by atoms with Crippen molar-refractivity contribution in [2.75, 3.05) is 32.9 Å². The molecule has 1 unspecified atom stereocenters. The number of fused-ring (bicyclic) bond motifs is 1. The molecule has 1 N–H and O–H groups in total. The fourth-order valence-electron chi connectivity index (χ4n) is 4.27. The zero-order chi connectivity index (χ0) is 16.5. The summed E-state index contributed by atoms with van der Waals surface area (Å²) >= 11 is 0. The molecule has 7 nitrogen and oxygen atoms in total. The average Bonchev–Trinajstić information content (AvgIpc) is 3.30. The average molecular weight is 334 g/mol.